The van der Waals surface area contributed by atoms with Crippen molar-refractivity contribution < 1.29 is 23.8 Å². The topological polar surface area (TPSA) is 92.9 Å². The number of fused-ring (bicyclic) bond motifs is 2. The summed E-state index contributed by atoms with van der Waals surface area (Å²) < 4.78 is 12.8. The number of hydrogen-bond donors (Lipinski definition) is 1. The Balaban J connectivity index is 1.36. The van der Waals surface area contributed by atoms with Gasteiger partial charge in [-0.3, -0.25) is 14.5 Å². The number of furan rings is 1. The van der Waals surface area contributed by atoms with Crippen molar-refractivity contribution in [3.05, 3.63) is 131 Å². The van der Waals surface area contributed by atoms with Crippen LogP contribution in [0.5, 0.6) is 11.5 Å². The molecule has 0 unspecified atom stereocenters. The Bertz CT molecular complexity index is 1970. The Morgan fingerprint density at radius 3 is 2.54 bits per heavy atom. The lowest BCUT2D eigenvalue weighted by Crippen LogP contribution is -2.31. The summed E-state index contributed by atoms with van der Waals surface area (Å²) in [4.78, 5) is 33.8. The van der Waals surface area contributed by atoms with Crippen LogP contribution in [0.4, 0.5) is 5.13 Å². The maximum Gasteiger partial charge on any atom is 0.296 e. The van der Waals surface area contributed by atoms with E-state index in [1.165, 1.54) is 16.2 Å². The molecule has 1 N–H and O–H groups in total. The first-order chi connectivity index (χ1) is 20.0. The number of aryl methyl sites for hydroxylation is 1. The predicted molar refractivity (Wildman–Crippen MR) is 158 cm³/mol. The average molecular weight is 559 g/mol. The van der Waals surface area contributed by atoms with Crippen molar-refractivity contribution in [2.45, 2.75) is 13.0 Å². The smallest absolute Gasteiger partial charge is 0.296 e. The number of carbonyl (C=O) groups excluding carboxylic acids is 2. The van der Waals surface area contributed by atoms with E-state index in [-0.39, 0.29) is 11.3 Å². The second kappa shape index (κ2) is 9.76. The van der Waals surface area contributed by atoms with Crippen molar-refractivity contribution >= 4 is 49.3 Å². The number of Topliss-reactive ketones (excluding diaryl/α,β-unsaturated/α-hetero) is 1. The van der Waals surface area contributed by atoms with Gasteiger partial charge in [0.25, 0.3) is 5.91 Å². The third-order valence-corrected chi connectivity index (χ3v) is 8.01. The summed E-state index contributed by atoms with van der Waals surface area (Å²) >= 11 is 1.32. The van der Waals surface area contributed by atoms with E-state index in [1.807, 2.05) is 73.7 Å². The first-order valence-electron chi connectivity index (χ1n) is 13.0. The fourth-order valence-corrected chi connectivity index (χ4v) is 6.16. The molecular formula is C33H22N2O5S. The number of anilines is 1. The maximum absolute atomic E-state index is 14.0. The summed E-state index contributed by atoms with van der Waals surface area (Å²) in [5.41, 5.74) is 2.81. The highest BCUT2D eigenvalue weighted by Crippen LogP contribution is 2.45. The van der Waals surface area contributed by atoms with Crippen LogP contribution in [0.3, 0.4) is 0 Å². The van der Waals surface area contributed by atoms with Crippen molar-refractivity contribution in [1.82, 2.24) is 4.98 Å². The van der Waals surface area contributed by atoms with Crippen LogP contribution < -0.4 is 9.64 Å². The summed E-state index contributed by atoms with van der Waals surface area (Å²) in [6.07, 6.45) is 0. The van der Waals surface area contributed by atoms with E-state index in [1.54, 1.807) is 36.4 Å². The Morgan fingerprint density at radius 1 is 0.927 bits per heavy atom. The number of para-hydroxylation sites is 2. The number of nitrogens with zero attached hydrogens (tertiary/aromatic N) is 2. The molecule has 0 fully saturated rings. The molecule has 0 saturated heterocycles. The molecule has 7 nitrogen and oxygen atoms in total. The maximum atomic E-state index is 14.0. The van der Waals surface area contributed by atoms with E-state index in [2.05, 4.69) is 0 Å². The number of aliphatic hydroxyl groups excluding tert-OH is 1. The van der Waals surface area contributed by atoms with Crippen LogP contribution in [0.1, 0.15) is 27.7 Å². The standard InChI is InChI=1S/C33H22N2O5S/c1-19-14-15-24-27(16-19)41-33(34-24)35-29(21-9-7-12-23(17-21)39-22-10-3-2-4-11-22)28(31(37)32(35)38)30(36)26-18-20-8-5-6-13-25(20)40-26/h2-18,29,37H,1H3/t29-/m1/s1. The van der Waals surface area contributed by atoms with Crippen LogP contribution in [0.2, 0.25) is 0 Å². The number of benzene rings is 4. The molecule has 0 saturated carbocycles. The number of thiazole rings is 1. The molecule has 2 aromatic heterocycles. The van der Waals surface area contributed by atoms with E-state index in [4.69, 9.17) is 14.1 Å². The van der Waals surface area contributed by atoms with Gasteiger partial charge in [0, 0.05) is 5.39 Å². The molecule has 1 aliphatic heterocycles. The lowest BCUT2D eigenvalue weighted by Gasteiger charge is -2.24. The summed E-state index contributed by atoms with van der Waals surface area (Å²) in [5, 5.41) is 12.3. The molecule has 1 aliphatic rings. The molecule has 6 aromatic rings. The second-order valence-electron chi connectivity index (χ2n) is 9.77. The molecular weight excluding hydrogens is 536 g/mol. The van der Waals surface area contributed by atoms with Gasteiger partial charge in [0.1, 0.15) is 17.1 Å². The molecule has 4 aromatic carbocycles. The number of rotatable bonds is 6. The van der Waals surface area contributed by atoms with Crippen LogP contribution in [-0.4, -0.2) is 21.8 Å². The summed E-state index contributed by atoms with van der Waals surface area (Å²) in [6, 6.07) is 30.2. The third kappa shape index (κ3) is 4.34. The van der Waals surface area contributed by atoms with E-state index in [0.717, 1.165) is 21.2 Å². The molecule has 1 atom stereocenters. The summed E-state index contributed by atoms with van der Waals surface area (Å²) in [7, 11) is 0. The normalized spacial score (nSPS) is 15.3. The van der Waals surface area contributed by atoms with Crippen molar-refractivity contribution in [1.29, 1.82) is 0 Å². The number of ether oxygens (including phenoxy) is 1. The van der Waals surface area contributed by atoms with Crippen molar-refractivity contribution in [3.63, 3.8) is 0 Å². The van der Waals surface area contributed by atoms with Gasteiger partial charge in [-0.2, -0.15) is 0 Å². The quantitative estimate of drug-likeness (QED) is 0.209. The fraction of sp³-hybridized carbons (Fsp3) is 0.0606. The molecule has 0 radical (unpaired) electrons. The molecule has 41 heavy (non-hydrogen) atoms. The minimum absolute atomic E-state index is 0.0315. The highest BCUT2D eigenvalue weighted by Gasteiger charge is 2.46. The highest BCUT2D eigenvalue weighted by atomic mass is 32.1. The number of amides is 1. The minimum atomic E-state index is -0.968. The molecule has 7 rings (SSSR count). The van der Waals surface area contributed by atoms with Gasteiger partial charge in [0.05, 0.1) is 21.8 Å². The SMILES string of the molecule is Cc1ccc2nc(N3C(=O)C(O)=C(C(=O)c4cc5ccccc5o4)[C@H]3c3cccc(Oc4ccccc4)c3)sc2c1. The molecule has 200 valence electrons. The zero-order valence-corrected chi connectivity index (χ0v) is 22.6. The fourth-order valence-electron chi connectivity index (χ4n) is 5.07. The van der Waals surface area contributed by atoms with Crippen LogP contribution >= 0.6 is 11.3 Å². The Hall–Kier alpha value is -5.21. The lowest BCUT2D eigenvalue weighted by molar-refractivity contribution is -0.117. The molecule has 3 heterocycles. The molecule has 0 spiro atoms. The van der Waals surface area contributed by atoms with Crippen LogP contribution in [0.15, 0.2) is 119 Å². The van der Waals surface area contributed by atoms with Gasteiger partial charge in [-0.25, -0.2) is 4.98 Å². The van der Waals surface area contributed by atoms with Crippen molar-refractivity contribution in [2.24, 2.45) is 0 Å². The zero-order chi connectivity index (χ0) is 28.1. The van der Waals surface area contributed by atoms with E-state index in [9.17, 15) is 14.7 Å². The first kappa shape index (κ1) is 24.8. The molecule has 8 heteroatoms. The minimum Gasteiger partial charge on any atom is -0.503 e. The van der Waals surface area contributed by atoms with Crippen LogP contribution in [-0.2, 0) is 4.79 Å². The summed E-state index contributed by atoms with van der Waals surface area (Å²) in [6.45, 7) is 1.98. The highest BCUT2D eigenvalue weighted by molar-refractivity contribution is 7.22. The van der Waals surface area contributed by atoms with E-state index < -0.39 is 23.5 Å². The number of aliphatic hydroxyl groups is 1. The predicted octanol–water partition coefficient (Wildman–Crippen LogP) is 7.93. The summed E-state index contributed by atoms with van der Waals surface area (Å²) in [5.74, 6) is -0.731. The van der Waals surface area contributed by atoms with Crippen molar-refractivity contribution in [3.8, 4) is 11.5 Å². The molecule has 0 aliphatic carbocycles. The Morgan fingerprint density at radius 2 is 1.71 bits per heavy atom. The average Bonchev–Trinajstić information content (AvgIpc) is 3.67. The van der Waals surface area contributed by atoms with Crippen molar-refractivity contribution in [2.75, 3.05) is 4.90 Å². The monoisotopic (exact) mass is 558 g/mol. The van der Waals surface area contributed by atoms with Gasteiger partial charge in [0.15, 0.2) is 16.7 Å². The largest absolute Gasteiger partial charge is 0.503 e. The van der Waals surface area contributed by atoms with Gasteiger partial charge in [-0.05, 0) is 66.6 Å². The van der Waals surface area contributed by atoms with Crippen LogP contribution in [0.25, 0.3) is 21.2 Å². The van der Waals surface area contributed by atoms with E-state index in [0.29, 0.717) is 27.8 Å². The Kier molecular flexibility index (Phi) is 5.91. The number of ketones is 1. The molecule has 1 amide bonds. The van der Waals surface area contributed by atoms with Gasteiger partial charge >= 0.3 is 0 Å². The van der Waals surface area contributed by atoms with Crippen LogP contribution in [0, 0.1) is 6.92 Å². The third-order valence-electron chi connectivity index (χ3n) is 6.99. The second-order valence-corrected chi connectivity index (χ2v) is 10.8. The Labute approximate surface area is 238 Å². The number of hydrogen-bond acceptors (Lipinski definition) is 7. The lowest BCUT2D eigenvalue weighted by atomic mass is 9.95. The van der Waals surface area contributed by atoms with Gasteiger partial charge in [0.2, 0.25) is 5.78 Å². The van der Waals surface area contributed by atoms with E-state index >= 15 is 0 Å². The van der Waals surface area contributed by atoms with Gasteiger partial charge < -0.3 is 14.3 Å². The number of carbonyl (C=O) groups is 2. The van der Waals surface area contributed by atoms with Gasteiger partial charge in [-0.1, -0.05) is 65.9 Å². The van der Waals surface area contributed by atoms with Gasteiger partial charge in [-0.15, -0.1) is 0 Å². The number of aromatic nitrogens is 1. The molecule has 0 bridgehead atoms. The first-order valence-corrected chi connectivity index (χ1v) is 13.8. The zero-order valence-electron chi connectivity index (χ0n) is 21.8.